The summed E-state index contributed by atoms with van der Waals surface area (Å²) < 4.78 is 10.9. The largest absolute Gasteiger partial charge is 0.496 e. The van der Waals surface area contributed by atoms with Crippen LogP contribution in [-0.2, 0) is 0 Å². The van der Waals surface area contributed by atoms with Gasteiger partial charge in [0.05, 0.1) is 28.8 Å². The highest BCUT2D eigenvalue weighted by molar-refractivity contribution is 6.01. The van der Waals surface area contributed by atoms with E-state index >= 15 is 0 Å². The van der Waals surface area contributed by atoms with Crippen molar-refractivity contribution in [3.05, 3.63) is 70.2 Å². The van der Waals surface area contributed by atoms with Crippen molar-refractivity contribution in [2.75, 3.05) is 12.4 Å². The second kappa shape index (κ2) is 7.23. The molecule has 0 saturated carbocycles. The molecule has 8 heteroatoms. The Kier molecular flexibility index (Phi) is 4.59. The molecule has 2 aromatic carbocycles. The normalized spacial score (nSPS) is 10.9. The average Bonchev–Trinajstić information content (AvgIpc) is 3.05. The Morgan fingerprint density at radius 2 is 1.93 bits per heavy atom. The Balaban J connectivity index is 1.98. The molecule has 0 bridgehead atoms. The van der Waals surface area contributed by atoms with Crippen LogP contribution >= 0.6 is 0 Å². The lowest BCUT2D eigenvalue weighted by atomic mass is 10.00. The maximum atomic E-state index is 11.6. The van der Waals surface area contributed by atoms with Crippen LogP contribution in [0, 0.1) is 24.0 Å². The molecule has 0 aliphatic rings. The highest BCUT2D eigenvalue weighted by Gasteiger charge is 2.22. The molecule has 0 spiro atoms. The first kappa shape index (κ1) is 18.4. The van der Waals surface area contributed by atoms with Gasteiger partial charge in [0.2, 0.25) is 0 Å². The number of hydrogen-bond acceptors (Lipinski definition) is 7. The summed E-state index contributed by atoms with van der Waals surface area (Å²) in [5.41, 5.74) is 3.87. The number of nitrogens with one attached hydrogen (secondary N) is 1. The molecule has 4 rings (SSSR count). The molecule has 2 heterocycles. The van der Waals surface area contributed by atoms with Gasteiger partial charge in [0.1, 0.15) is 23.4 Å². The molecule has 4 aromatic rings. The number of hydrogen-bond donors (Lipinski definition) is 1. The second-order valence-electron chi connectivity index (χ2n) is 6.54. The van der Waals surface area contributed by atoms with Crippen molar-refractivity contribution in [3.63, 3.8) is 0 Å². The third-order valence-corrected chi connectivity index (χ3v) is 4.71. The molecule has 0 atom stereocenters. The number of rotatable bonds is 5. The van der Waals surface area contributed by atoms with Gasteiger partial charge < -0.3 is 14.6 Å². The summed E-state index contributed by atoms with van der Waals surface area (Å²) in [6.07, 6.45) is 1.26. The van der Waals surface area contributed by atoms with E-state index in [0.29, 0.717) is 28.1 Å². The van der Waals surface area contributed by atoms with Crippen LogP contribution in [0.15, 0.2) is 53.2 Å². The van der Waals surface area contributed by atoms with Gasteiger partial charge in [-0.3, -0.25) is 10.1 Å². The fourth-order valence-electron chi connectivity index (χ4n) is 3.38. The van der Waals surface area contributed by atoms with Gasteiger partial charge in [0, 0.05) is 16.6 Å². The lowest BCUT2D eigenvalue weighted by Crippen LogP contribution is -2.00. The zero-order valence-corrected chi connectivity index (χ0v) is 16.1. The topological polar surface area (TPSA) is 103 Å². The van der Waals surface area contributed by atoms with Crippen molar-refractivity contribution in [1.29, 1.82) is 0 Å². The minimum atomic E-state index is -0.452. The summed E-state index contributed by atoms with van der Waals surface area (Å²) >= 11 is 0. The van der Waals surface area contributed by atoms with Gasteiger partial charge in [-0.15, -0.1) is 0 Å². The summed E-state index contributed by atoms with van der Waals surface area (Å²) in [5.74, 6) is 1.20. The van der Waals surface area contributed by atoms with Crippen molar-refractivity contribution in [2.45, 2.75) is 13.8 Å². The number of aromatic nitrogens is 2. The molecule has 0 aliphatic carbocycles. The first-order chi connectivity index (χ1) is 14.0. The van der Waals surface area contributed by atoms with E-state index in [-0.39, 0.29) is 5.69 Å². The van der Waals surface area contributed by atoms with Gasteiger partial charge in [0.25, 0.3) is 0 Å². The first-order valence-electron chi connectivity index (χ1n) is 8.90. The Morgan fingerprint density at radius 1 is 1.17 bits per heavy atom. The molecule has 0 amide bonds. The molecule has 1 N–H and O–H groups in total. The quantitative estimate of drug-likeness (QED) is 0.370. The summed E-state index contributed by atoms with van der Waals surface area (Å²) in [6, 6.07) is 12.9. The minimum absolute atomic E-state index is 0.117. The van der Waals surface area contributed by atoms with E-state index in [0.717, 1.165) is 22.5 Å². The molecule has 0 unspecified atom stereocenters. The fourth-order valence-corrected chi connectivity index (χ4v) is 3.38. The van der Waals surface area contributed by atoms with Gasteiger partial charge in [0.15, 0.2) is 0 Å². The number of ether oxygens (including phenoxy) is 1. The Bertz CT molecular complexity index is 1200. The summed E-state index contributed by atoms with van der Waals surface area (Å²) in [7, 11) is 1.55. The van der Waals surface area contributed by atoms with Gasteiger partial charge in [-0.2, -0.15) is 0 Å². The minimum Gasteiger partial charge on any atom is -0.496 e. The highest BCUT2D eigenvalue weighted by atomic mass is 16.6. The van der Waals surface area contributed by atoms with Crippen molar-refractivity contribution < 1.29 is 14.2 Å². The first-order valence-corrected chi connectivity index (χ1v) is 8.90. The van der Waals surface area contributed by atoms with Crippen molar-refractivity contribution in [1.82, 2.24) is 10.1 Å². The second-order valence-corrected chi connectivity index (χ2v) is 6.54. The molecule has 8 nitrogen and oxygen atoms in total. The maximum Gasteiger partial charge on any atom is 0.311 e. The van der Waals surface area contributed by atoms with Crippen LogP contribution in [0.3, 0.4) is 0 Å². The number of benzene rings is 2. The van der Waals surface area contributed by atoms with Crippen molar-refractivity contribution in [3.8, 4) is 16.9 Å². The number of methoxy groups -OCH3 is 1. The Hall–Kier alpha value is -3.94. The molecule has 2 aromatic heterocycles. The van der Waals surface area contributed by atoms with E-state index in [1.54, 1.807) is 13.2 Å². The van der Waals surface area contributed by atoms with Crippen LogP contribution in [0.1, 0.15) is 11.5 Å². The zero-order valence-electron chi connectivity index (χ0n) is 16.1. The van der Waals surface area contributed by atoms with Crippen LogP contribution in [-0.4, -0.2) is 22.2 Å². The van der Waals surface area contributed by atoms with Crippen molar-refractivity contribution >= 4 is 28.0 Å². The van der Waals surface area contributed by atoms with E-state index in [2.05, 4.69) is 15.5 Å². The molecule has 0 saturated heterocycles. The molecule has 146 valence electrons. The summed E-state index contributed by atoms with van der Waals surface area (Å²) in [4.78, 5) is 15.5. The van der Waals surface area contributed by atoms with Crippen LogP contribution in [0.25, 0.3) is 22.0 Å². The van der Waals surface area contributed by atoms with E-state index in [4.69, 9.17) is 9.26 Å². The smallest absolute Gasteiger partial charge is 0.311 e. The van der Waals surface area contributed by atoms with E-state index in [1.807, 2.05) is 50.2 Å². The van der Waals surface area contributed by atoms with E-state index in [1.165, 1.54) is 6.20 Å². The number of pyridine rings is 1. The molecule has 29 heavy (non-hydrogen) atoms. The fraction of sp³-hybridized carbons (Fsp3) is 0.143. The molecule has 0 radical (unpaired) electrons. The number of nitro groups is 1. The third-order valence-electron chi connectivity index (χ3n) is 4.71. The lowest BCUT2D eigenvalue weighted by molar-refractivity contribution is -0.384. The van der Waals surface area contributed by atoms with Crippen LogP contribution in [0.2, 0.25) is 0 Å². The molecule has 0 aliphatic heterocycles. The number of anilines is 2. The predicted molar refractivity (Wildman–Crippen MR) is 110 cm³/mol. The molecular formula is C21H18N4O4. The van der Waals surface area contributed by atoms with Crippen LogP contribution in [0.5, 0.6) is 5.75 Å². The molecule has 0 fully saturated rings. The van der Waals surface area contributed by atoms with Gasteiger partial charge in [-0.05, 0) is 38.1 Å². The van der Waals surface area contributed by atoms with Gasteiger partial charge in [-0.25, -0.2) is 4.98 Å². The Labute approximate surface area is 166 Å². The maximum absolute atomic E-state index is 11.6. The van der Waals surface area contributed by atoms with Crippen molar-refractivity contribution in [2.24, 2.45) is 0 Å². The monoisotopic (exact) mass is 390 g/mol. The number of nitrogens with zero attached hydrogens (tertiary/aromatic N) is 3. The molecular weight excluding hydrogens is 372 g/mol. The zero-order chi connectivity index (χ0) is 20.5. The standard InChI is InChI=1S/C21H18N4O4/c1-12-20(13(2)29-24-12)16-9-17-15(10-19(16)28-3)21(18(11-22-17)25(26)27)23-14-7-5-4-6-8-14/h4-11H,1-3H3,(H,22,23). The highest BCUT2D eigenvalue weighted by Crippen LogP contribution is 2.41. The average molecular weight is 390 g/mol. The summed E-state index contributed by atoms with van der Waals surface area (Å²) in [6.45, 7) is 3.67. The van der Waals surface area contributed by atoms with Crippen LogP contribution in [0.4, 0.5) is 17.1 Å². The van der Waals surface area contributed by atoms with E-state index in [9.17, 15) is 10.1 Å². The van der Waals surface area contributed by atoms with E-state index < -0.39 is 4.92 Å². The predicted octanol–water partition coefficient (Wildman–Crippen LogP) is 5.17. The summed E-state index contributed by atoms with van der Waals surface area (Å²) in [5, 5.41) is 19.4. The number of fused-ring (bicyclic) bond motifs is 1. The Morgan fingerprint density at radius 3 is 2.55 bits per heavy atom. The lowest BCUT2D eigenvalue weighted by Gasteiger charge is -2.14. The van der Waals surface area contributed by atoms with Gasteiger partial charge >= 0.3 is 5.69 Å². The van der Waals surface area contributed by atoms with Gasteiger partial charge in [-0.1, -0.05) is 23.4 Å². The third kappa shape index (κ3) is 3.25. The number of aryl methyl sites for hydroxylation is 2. The SMILES string of the molecule is COc1cc2c(Nc3ccccc3)c([N+](=O)[O-])cnc2cc1-c1c(C)noc1C. The number of para-hydroxylation sites is 1. The van der Waals surface area contributed by atoms with Crippen LogP contribution < -0.4 is 10.1 Å².